The van der Waals surface area contributed by atoms with Crippen molar-refractivity contribution in [2.45, 2.75) is 6.54 Å². The molecule has 0 bridgehead atoms. The molecule has 0 radical (unpaired) electrons. The molecule has 1 aromatic heterocycles. The van der Waals surface area contributed by atoms with Crippen LogP contribution in [-0.4, -0.2) is 26.7 Å². The summed E-state index contributed by atoms with van der Waals surface area (Å²) in [6.07, 6.45) is 0. The summed E-state index contributed by atoms with van der Waals surface area (Å²) in [6, 6.07) is 24.8. The van der Waals surface area contributed by atoms with E-state index in [4.69, 9.17) is 10.9 Å². The number of nitrogens with one attached hydrogen (secondary N) is 1. The second kappa shape index (κ2) is 8.79. The van der Waals surface area contributed by atoms with Gasteiger partial charge in [0.25, 0.3) is 11.8 Å². The van der Waals surface area contributed by atoms with Crippen LogP contribution >= 0.6 is 0 Å². The summed E-state index contributed by atoms with van der Waals surface area (Å²) < 4.78 is 1.85. The van der Waals surface area contributed by atoms with Gasteiger partial charge in [0.2, 0.25) is 0 Å². The van der Waals surface area contributed by atoms with Crippen molar-refractivity contribution in [1.29, 1.82) is 0 Å². The van der Waals surface area contributed by atoms with E-state index in [1.54, 1.807) is 54.0 Å². The van der Waals surface area contributed by atoms with E-state index in [0.717, 1.165) is 22.4 Å². The highest BCUT2D eigenvalue weighted by Crippen LogP contribution is 2.34. The molecule has 7 heteroatoms. The van der Waals surface area contributed by atoms with Crippen molar-refractivity contribution < 1.29 is 19.9 Å². The first kappa shape index (κ1) is 20.9. The summed E-state index contributed by atoms with van der Waals surface area (Å²) >= 11 is 0. The number of hydrogen-bond acceptors (Lipinski definition) is 4. The predicted octanol–water partition coefficient (Wildman–Crippen LogP) is 3.79. The fourth-order valence-corrected chi connectivity index (χ4v) is 3.70. The van der Waals surface area contributed by atoms with E-state index in [-0.39, 0.29) is 5.75 Å². The third-order valence-corrected chi connectivity index (χ3v) is 5.24. The molecule has 0 aliphatic carbocycles. The number of aromatic hydroxyl groups is 1. The molecule has 0 unspecified atom stereocenters. The van der Waals surface area contributed by atoms with Crippen LogP contribution in [0.2, 0.25) is 0 Å². The summed E-state index contributed by atoms with van der Waals surface area (Å²) in [5.74, 6) is -1.05. The minimum Gasteiger partial charge on any atom is -0.508 e. The molecule has 0 saturated carbocycles. The number of amides is 2. The molecule has 0 aliphatic rings. The maximum absolute atomic E-state index is 12.6. The van der Waals surface area contributed by atoms with Crippen molar-refractivity contribution in [3.8, 4) is 28.1 Å². The Morgan fingerprint density at radius 2 is 1.53 bits per heavy atom. The first-order chi connectivity index (χ1) is 15.5. The van der Waals surface area contributed by atoms with Gasteiger partial charge in [-0.25, -0.2) is 5.48 Å². The number of nitrogens with two attached hydrogens (primary N) is 1. The van der Waals surface area contributed by atoms with Gasteiger partial charge in [-0.1, -0.05) is 54.6 Å². The molecule has 32 heavy (non-hydrogen) atoms. The van der Waals surface area contributed by atoms with Crippen molar-refractivity contribution in [2.75, 3.05) is 0 Å². The highest BCUT2D eigenvalue weighted by molar-refractivity contribution is 6.00. The molecule has 5 N–H and O–H groups in total. The lowest BCUT2D eigenvalue weighted by atomic mass is 10.0. The molecule has 0 fully saturated rings. The summed E-state index contributed by atoms with van der Waals surface area (Å²) in [5.41, 5.74) is 12.0. The Bertz CT molecular complexity index is 1260. The number of hydroxylamine groups is 1. The highest BCUT2D eigenvalue weighted by Gasteiger charge is 2.22. The first-order valence-corrected chi connectivity index (χ1v) is 9.89. The Balaban J connectivity index is 1.86. The quantitative estimate of drug-likeness (QED) is 0.277. The topological polar surface area (TPSA) is 118 Å². The lowest BCUT2D eigenvalue weighted by Crippen LogP contribution is -2.19. The van der Waals surface area contributed by atoms with Crippen LogP contribution in [0, 0.1) is 0 Å². The fraction of sp³-hybridized carbons (Fsp3) is 0.0400. The van der Waals surface area contributed by atoms with Crippen LogP contribution in [0.1, 0.15) is 26.4 Å². The third-order valence-electron chi connectivity index (χ3n) is 5.24. The van der Waals surface area contributed by atoms with Gasteiger partial charge >= 0.3 is 0 Å². The van der Waals surface area contributed by atoms with Gasteiger partial charge in [0.05, 0.1) is 0 Å². The van der Waals surface area contributed by atoms with Crippen molar-refractivity contribution in [1.82, 2.24) is 10.0 Å². The van der Waals surface area contributed by atoms with Gasteiger partial charge in [0.15, 0.2) is 0 Å². The number of carbonyl (C=O) groups is 2. The SMILES string of the molecule is NC(=O)c1c(-c2ccc(O)cc2)cc(-c2ccccc2)n1Cc1ccc(C(=O)NO)cc1. The molecule has 0 atom stereocenters. The van der Waals surface area contributed by atoms with Crippen LogP contribution in [0.15, 0.2) is 84.9 Å². The normalized spacial score (nSPS) is 10.7. The van der Waals surface area contributed by atoms with Crippen molar-refractivity contribution in [3.05, 3.63) is 102 Å². The largest absolute Gasteiger partial charge is 0.508 e. The number of phenolic OH excluding ortho intramolecular Hbond substituents is 1. The molecule has 4 aromatic rings. The summed E-state index contributed by atoms with van der Waals surface area (Å²) in [6.45, 7) is 0.335. The van der Waals surface area contributed by atoms with Gasteiger partial charge in [0, 0.05) is 23.4 Å². The minimum atomic E-state index is -0.602. The van der Waals surface area contributed by atoms with Crippen LogP contribution in [0.3, 0.4) is 0 Å². The molecular weight excluding hydrogens is 406 g/mol. The number of rotatable bonds is 6. The molecule has 1 heterocycles. The van der Waals surface area contributed by atoms with E-state index in [9.17, 15) is 14.7 Å². The number of benzene rings is 3. The van der Waals surface area contributed by atoms with Gasteiger partial charge in [-0.05, 0) is 47.0 Å². The highest BCUT2D eigenvalue weighted by atomic mass is 16.5. The number of primary amides is 1. The second-order valence-electron chi connectivity index (χ2n) is 7.29. The number of nitrogens with zero attached hydrogens (tertiary/aromatic N) is 1. The third kappa shape index (κ3) is 4.10. The molecule has 4 rings (SSSR count). The molecule has 3 aromatic carbocycles. The maximum atomic E-state index is 12.6. The Morgan fingerprint density at radius 3 is 2.12 bits per heavy atom. The zero-order valence-electron chi connectivity index (χ0n) is 17.0. The zero-order chi connectivity index (χ0) is 22.7. The van der Waals surface area contributed by atoms with Crippen LogP contribution in [0.4, 0.5) is 0 Å². The Labute approximate surface area is 184 Å². The zero-order valence-corrected chi connectivity index (χ0v) is 17.0. The van der Waals surface area contributed by atoms with E-state index in [1.807, 2.05) is 41.0 Å². The van der Waals surface area contributed by atoms with Crippen LogP contribution < -0.4 is 11.2 Å². The Kier molecular flexibility index (Phi) is 5.74. The summed E-state index contributed by atoms with van der Waals surface area (Å²) in [5, 5.41) is 18.5. The molecule has 7 nitrogen and oxygen atoms in total. The number of aromatic nitrogens is 1. The monoisotopic (exact) mass is 427 g/mol. The van der Waals surface area contributed by atoms with E-state index in [0.29, 0.717) is 23.4 Å². The minimum absolute atomic E-state index is 0.129. The lowest BCUT2D eigenvalue weighted by Gasteiger charge is -2.13. The smallest absolute Gasteiger partial charge is 0.274 e. The van der Waals surface area contributed by atoms with Gasteiger partial charge in [-0.3, -0.25) is 14.8 Å². The number of hydrogen-bond donors (Lipinski definition) is 4. The molecule has 0 aliphatic heterocycles. The summed E-state index contributed by atoms with van der Waals surface area (Å²) in [4.78, 5) is 24.2. The van der Waals surface area contributed by atoms with Gasteiger partial charge in [-0.2, -0.15) is 0 Å². The molecule has 2 amide bonds. The fourth-order valence-electron chi connectivity index (χ4n) is 3.70. The van der Waals surface area contributed by atoms with Crippen LogP contribution in [-0.2, 0) is 6.54 Å². The van der Waals surface area contributed by atoms with E-state index in [1.165, 1.54) is 0 Å². The predicted molar refractivity (Wildman–Crippen MR) is 120 cm³/mol. The number of carbonyl (C=O) groups excluding carboxylic acids is 2. The maximum Gasteiger partial charge on any atom is 0.274 e. The summed E-state index contributed by atoms with van der Waals surface area (Å²) in [7, 11) is 0. The first-order valence-electron chi connectivity index (χ1n) is 9.89. The average molecular weight is 427 g/mol. The second-order valence-corrected chi connectivity index (χ2v) is 7.29. The van der Waals surface area contributed by atoms with Crippen molar-refractivity contribution in [3.63, 3.8) is 0 Å². The van der Waals surface area contributed by atoms with E-state index >= 15 is 0 Å². The van der Waals surface area contributed by atoms with Gasteiger partial charge < -0.3 is 15.4 Å². The van der Waals surface area contributed by atoms with Crippen molar-refractivity contribution in [2.24, 2.45) is 5.73 Å². The molecule has 0 saturated heterocycles. The van der Waals surface area contributed by atoms with Crippen molar-refractivity contribution >= 4 is 11.8 Å². The number of phenols is 1. The van der Waals surface area contributed by atoms with Gasteiger partial charge in [0.1, 0.15) is 11.4 Å². The Morgan fingerprint density at radius 1 is 0.875 bits per heavy atom. The standard InChI is InChI=1S/C25H21N3O4/c26-24(30)23-21(17-10-12-20(29)13-11-17)14-22(18-4-2-1-3-5-18)28(23)15-16-6-8-19(9-7-16)25(31)27-32/h1-14,29,32H,15H2,(H2,26,30)(H,27,31). The van der Waals surface area contributed by atoms with E-state index < -0.39 is 11.8 Å². The molecule has 160 valence electrons. The average Bonchev–Trinajstić information content (AvgIpc) is 3.19. The van der Waals surface area contributed by atoms with Gasteiger partial charge in [-0.15, -0.1) is 0 Å². The van der Waals surface area contributed by atoms with Crippen LogP contribution in [0.25, 0.3) is 22.4 Å². The lowest BCUT2D eigenvalue weighted by molar-refractivity contribution is 0.0706. The van der Waals surface area contributed by atoms with Crippen LogP contribution in [0.5, 0.6) is 5.75 Å². The van der Waals surface area contributed by atoms with E-state index in [2.05, 4.69) is 0 Å². The Hall–Kier alpha value is -4.36. The molecule has 0 spiro atoms. The molecular formula is C25H21N3O4.